The quantitative estimate of drug-likeness (QED) is 0.776. The lowest BCUT2D eigenvalue weighted by Gasteiger charge is -2.25. The van der Waals surface area contributed by atoms with Crippen molar-refractivity contribution in [1.29, 1.82) is 0 Å². The minimum Gasteiger partial charge on any atom is -0.371 e. The van der Waals surface area contributed by atoms with Gasteiger partial charge >= 0.3 is 0 Å². The molecule has 0 saturated heterocycles. The number of H-pyrrole nitrogens is 1. The Bertz CT molecular complexity index is 396. The van der Waals surface area contributed by atoms with Gasteiger partial charge in [-0.3, -0.25) is 4.79 Å². The molecule has 1 rings (SSSR count). The van der Waals surface area contributed by atoms with Gasteiger partial charge in [0.25, 0.3) is 5.56 Å². The lowest BCUT2D eigenvalue weighted by Crippen LogP contribution is -2.30. The highest BCUT2D eigenvalue weighted by molar-refractivity contribution is 5.07. The first-order valence-electron chi connectivity index (χ1n) is 5.36. The van der Waals surface area contributed by atoms with Crippen molar-refractivity contribution < 1.29 is 4.74 Å². The van der Waals surface area contributed by atoms with Crippen molar-refractivity contribution in [2.45, 2.75) is 32.4 Å². The number of aromatic amines is 1. The van der Waals surface area contributed by atoms with Crippen LogP contribution in [-0.4, -0.2) is 24.1 Å². The molecule has 1 aromatic rings. The first-order valence-corrected chi connectivity index (χ1v) is 5.36. The molecule has 2 N–H and O–H groups in total. The maximum atomic E-state index is 11.5. The molecular weight excluding hydrogens is 206 g/mol. The van der Waals surface area contributed by atoms with Crippen LogP contribution < -0.4 is 10.9 Å². The van der Waals surface area contributed by atoms with E-state index < -0.39 is 5.60 Å². The summed E-state index contributed by atoms with van der Waals surface area (Å²) < 4.78 is 5.41. The van der Waals surface area contributed by atoms with Crippen LogP contribution in [0.1, 0.15) is 31.8 Å². The molecule has 5 heteroatoms. The van der Waals surface area contributed by atoms with Gasteiger partial charge < -0.3 is 15.0 Å². The fourth-order valence-corrected chi connectivity index (χ4v) is 1.44. The zero-order valence-corrected chi connectivity index (χ0v) is 10.3. The van der Waals surface area contributed by atoms with E-state index in [9.17, 15) is 4.79 Å². The third-order valence-electron chi connectivity index (χ3n) is 2.78. The Morgan fingerprint density at radius 2 is 2.31 bits per heavy atom. The lowest BCUT2D eigenvalue weighted by molar-refractivity contribution is -0.00936. The van der Waals surface area contributed by atoms with E-state index in [-0.39, 0.29) is 5.56 Å². The van der Waals surface area contributed by atoms with Gasteiger partial charge in [-0.2, -0.15) is 0 Å². The molecule has 1 unspecified atom stereocenters. The summed E-state index contributed by atoms with van der Waals surface area (Å²) in [4.78, 5) is 18.6. The third kappa shape index (κ3) is 2.68. The van der Waals surface area contributed by atoms with Crippen LogP contribution in [0.25, 0.3) is 0 Å². The second-order valence-corrected chi connectivity index (χ2v) is 3.90. The molecule has 0 aliphatic heterocycles. The Balaban J connectivity index is 3.18. The molecule has 0 aliphatic carbocycles. The number of ether oxygens (including phenoxy) is 1. The van der Waals surface area contributed by atoms with Gasteiger partial charge in [-0.1, -0.05) is 6.92 Å². The number of methoxy groups -OCH3 is 1. The smallest absolute Gasteiger partial charge is 0.251 e. The molecule has 0 saturated carbocycles. The van der Waals surface area contributed by atoms with Crippen LogP contribution in [0.3, 0.4) is 0 Å². The highest BCUT2D eigenvalue weighted by Crippen LogP contribution is 2.23. The summed E-state index contributed by atoms with van der Waals surface area (Å²) in [5, 5.41) is 2.97. The summed E-state index contributed by atoms with van der Waals surface area (Å²) in [5.74, 6) is 0.579. The summed E-state index contributed by atoms with van der Waals surface area (Å²) in [5.41, 5.74) is 0.0352. The molecule has 5 nitrogen and oxygen atoms in total. The predicted octanol–water partition coefficient (Wildman–Crippen LogP) is 0.761. The second kappa shape index (κ2) is 5.23. The van der Waals surface area contributed by atoms with E-state index in [0.717, 1.165) is 12.1 Å². The SMILES string of the molecule is CCC(C)(OC)c1nc(CNC)cc(=O)[nH]1. The number of aromatic nitrogens is 2. The van der Waals surface area contributed by atoms with Gasteiger partial charge in [0.15, 0.2) is 0 Å². The van der Waals surface area contributed by atoms with E-state index >= 15 is 0 Å². The monoisotopic (exact) mass is 225 g/mol. The van der Waals surface area contributed by atoms with Crippen LogP contribution in [0.2, 0.25) is 0 Å². The number of nitrogens with one attached hydrogen (secondary N) is 2. The van der Waals surface area contributed by atoms with Gasteiger partial charge in [0, 0.05) is 19.7 Å². The number of hydrogen-bond donors (Lipinski definition) is 2. The van der Waals surface area contributed by atoms with Crippen molar-refractivity contribution >= 4 is 0 Å². The van der Waals surface area contributed by atoms with Gasteiger partial charge in [-0.15, -0.1) is 0 Å². The predicted molar refractivity (Wildman–Crippen MR) is 62.3 cm³/mol. The lowest BCUT2D eigenvalue weighted by atomic mass is 10.0. The van der Waals surface area contributed by atoms with E-state index in [0.29, 0.717) is 12.4 Å². The van der Waals surface area contributed by atoms with Gasteiger partial charge in [-0.25, -0.2) is 4.98 Å². The summed E-state index contributed by atoms with van der Waals surface area (Å²) in [7, 11) is 3.44. The standard InChI is InChI=1S/C11H19N3O2/c1-5-11(2,16-4)10-13-8(7-12-3)6-9(15)14-10/h6,12H,5,7H2,1-4H3,(H,13,14,15). The molecule has 16 heavy (non-hydrogen) atoms. The van der Waals surface area contributed by atoms with Crippen LogP contribution in [-0.2, 0) is 16.9 Å². The van der Waals surface area contributed by atoms with Gasteiger partial charge in [0.1, 0.15) is 11.4 Å². The van der Waals surface area contributed by atoms with Crippen LogP contribution in [0, 0.1) is 0 Å². The first kappa shape index (κ1) is 12.9. The molecule has 90 valence electrons. The fourth-order valence-electron chi connectivity index (χ4n) is 1.44. The summed E-state index contributed by atoms with van der Waals surface area (Å²) in [6.07, 6.45) is 0.745. The maximum Gasteiger partial charge on any atom is 0.251 e. The highest BCUT2D eigenvalue weighted by atomic mass is 16.5. The second-order valence-electron chi connectivity index (χ2n) is 3.90. The summed E-state index contributed by atoms with van der Waals surface area (Å²) >= 11 is 0. The van der Waals surface area contributed by atoms with Crippen molar-refractivity contribution in [3.8, 4) is 0 Å². The Kier molecular flexibility index (Phi) is 4.20. The van der Waals surface area contributed by atoms with Crippen molar-refractivity contribution in [3.05, 3.63) is 27.9 Å². The van der Waals surface area contributed by atoms with E-state index in [1.807, 2.05) is 20.9 Å². The molecule has 0 fully saturated rings. The van der Waals surface area contributed by atoms with E-state index in [1.54, 1.807) is 7.11 Å². The molecule has 1 aromatic heterocycles. The van der Waals surface area contributed by atoms with E-state index in [4.69, 9.17) is 4.74 Å². The van der Waals surface area contributed by atoms with Crippen LogP contribution in [0.15, 0.2) is 10.9 Å². The van der Waals surface area contributed by atoms with Crippen LogP contribution in [0.5, 0.6) is 0 Å². The molecule has 0 radical (unpaired) electrons. The number of hydrogen-bond acceptors (Lipinski definition) is 4. The van der Waals surface area contributed by atoms with E-state index in [2.05, 4.69) is 15.3 Å². The van der Waals surface area contributed by atoms with Crippen LogP contribution in [0.4, 0.5) is 0 Å². The number of nitrogens with zero attached hydrogens (tertiary/aromatic N) is 1. The van der Waals surface area contributed by atoms with Gasteiger partial charge in [0.05, 0.1) is 5.69 Å². The molecule has 0 spiro atoms. The third-order valence-corrected chi connectivity index (χ3v) is 2.78. The zero-order valence-electron chi connectivity index (χ0n) is 10.3. The first-order chi connectivity index (χ1) is 7.55. The minimum absolute atomic E-state index is 0.146. The topological polar surface area (TPSA) is 67.0 Å². The Morgan fingerprint density at radius 3 is 2.81 bits per heavy atom. The summed E-state index contributed by atoms with van der Waals surface area (Å²) in [6.45, 7) is 4.48. The summed E-state index contributed by atoms with van der Waals surface area (Å²) in [6, 6.07) is 1.49. The fraction of sp³-hybridized carbons (Fsp3) is 0.636. The maximum absolute atomic E-state index is 11.5. The average Bonchev–Trinajstić information content (AvgIpc) is 2.27. The van der Waals surface area contributed by atoms with E-state index in [1.165, 1.54) is 6.07 Å². The highest BCUT2D eigenvalue weighted by Gasteiger charge is 2.27. The number of rotatable bonds is 5. The molecule has 0 aromatic carbocycles. The van der Waals surface area contributed by atoms with Crippen molar-refractivity contribution in [2.75, 3.05) is 14.2 Å². The normalized spacial score (nSPS) is 14.8. The van der Waals surface area contributed by atoms with Gasteiger partial charge in [-0.05, 0) is 20.4 Å². The Labute approximate surface area is 95.3 Å². The zero-order chi connectivity index (χ0) is 12.2. The van der Waals surface area contributed by atoms with Crippen molar-refractivity contribution in [3.63, 3.8) is 0 Å². The largest absolute Gasteiger partial charge is 0.371 e. The molecular formula is C11H19N3O2. The molecule has 0 amide bonds. The average molecular weight is 225 g/mol. The molecule has 0 aliphatic rings. The van der Waals surface area contributed by atoms with Crippen LogP contribution >= 0.6 is 0 Å². The van der Waals surface area contributed by atoms with Crippen molar-refractivity contribution in [2.24, 2.45) is 0 Å². The Morgan fingerprint density at radius 1 is 1.62 bits per heavy atom. The molecule has 1 heterocycles. The molecule has 0 bridgehead atoms. The minimum atomic E-state index is -0.539. The Hall–Kier alpha value is -1.20. The van der Waals surface area contributed by atoms with Crippen molar-refractivity contribution in [1.82, 2.24) is 15.3 Å². The van der Waals surface area contributed by atoms with Gasteiger partial charge in [0.2, 0.25) is 0 Å². The molecule has 1 atom stereocenters.